The minimum absolute atomic E-state index is 0.118. The number of aromatic nitrogens is 1. The number of rotatable bonds is 4. The van der Waals surface area contributed by atoms with Crippen LogP contribution in [0.25, 0.3) is 10.9 Å². The van der Waals surface area contributed by atoms with Crippen molar-refractivity contribution in [1.29, 1.82) is 0 Å². The third-order valence-corrected chi connectivity index (χ3v) is 2.79. The SMILES string of the molecule is CC(=O)c1ccc2nccc(C(=O)NCC(=O)O)c2c1. The number of carboxylic acid groups (broad SMARTS) is 1. The Bertz CT molecular complexity index is 709. The van der Waals surface area contributed by atoms with E-state index in [1.165, 1.54) is 19.2 Å². The summed E-state index contributed by atoms with van der Waals surface area (Å²) in [6.07, 6.45) is 1.46. The molecule has 102 valence electrons. The number of hydrogen-bond donors (Lipinski definition) is 2. The molecule has 0 spiro atoms. The molecule has 0 unspecified atom stereocenters. The van der Waals surface area contributed by atoms with Crippen molar-refractivity contribution in [1.82, 2.24) is 10.3 Å². The predicted octanol–water partition coefficient (Wildman–Crippen LogP) is 1.25. The van der Waals surface area contributed by atoms with Crippen LogP contribution < -0.4 is 5.32 Å². The van der Waals surface area contributed by atoms with Gasteiger partial charge in [-0.05, 0) is 31.2 Å². The number of fused-ring (bicyclic) bond motifs is 1. The lowest BCUT2D eigenvalue weighted by Crippen LogP contribution is -2.29. The Morgan fingerprint density at radius 2 is 2.00 bits per heavy atom. The molecule has 0 fully saturated rings. The number of aliphatic carboxylic acids is 1. The summed E-state index contributed by atoms with van der Waals surface area (Å²) in [4.78, 5) is 37.9. The summed E-state index contributed by atoms with van der Waals surface area (Å²) in [6, 6.07) is 6.36. The van der Waals surface area contributed by atoms with E-state index in [9.17, 15) is 14.4 Å². The summed E-state index contributed by atoms with van der Waals surface area (Å²) >= 11 is 0. The van der Waals surface area contributed by atoms with Crippen molar-refractivity contribution < 1.29 is 19.5 Å². The van der Waals surface area contributed by atoms with E-state index in [0.29, 0.717) is 22.0 Å². The van der Waals surface area contributed by atoms with Crippen molar-refractivity contribution in [3.05, 3.63) is 41.6 Å². The molecule has 0 aliphatic rings. The predicted molar refractivity (Wildman–Crippen MR) is 71.7 cm³/mol. The molecule has 6 heteroatoms. The summed E-state index contributed by atoms with van der Waals surface area (Å²) in [7, 11) is 0. The maximum absolute atomic E-state index is 12.0. The molecule has 0 radical (unpaired) electrons. The highest BCUT2D eigenvalue weighted by molar-refractivity contribution is 6.08. The Labute approximate surface area is 114 Å². The van der Waals surface area contributed by atoms with Crippen LogP contribution in [0.1, 0.15) is 27.6 Å². The van der Waals surface area contributed by atoms with Gasteiger partial charge in [0.2, 0.25) is 0 Å². The van der Waals surface area contributed by atoms with Crippen LogP contribution in [-0.4, -0.2) is 34.3 Å². The number of nitrogens with one attached hydrogen (secondary N) is 1. The number of hydrogen-bond acceptors (Lipinski definition) is 4. The molecule has 0 aliphatic heterocycles. The van der Waals surface area contributed by atoms with Crippen LogP contribution >= 0.6 is 0 Å². The molecule has 1 amide bonds. The minimum Gasteiger partial charge on any atom is -0.480 e. The van der Waals surface area contributed by atoms with Gasteiger partial charge < -0.3 is 10.4 Å². The first kappa shape index (κ1) is 13.7. The second-order valence-electron chi connectivity index (χ2n) is 4.22. The van der Waals surface area contributed by atoms with E-state index in [-0.39, 0.29) is 5.78 Å². The Kier molecular flexibility index (Phi) is 3.74. The lowest BCUT2D eigenvalue weighted by molar-refractivity contribution is -0.135. The van der Waals surface area contributed by atoms with Crippen LogP contribution in [0, 0.1) is 0 Å². The van der Waals surface area contributed by atoms with E-state index in [4.69, 9.17) is 5.11 Å². The van der Waals surface area contributed by atoms with Crippen molar-refractivity contribution in [2.75, 3.05) is 6.54 Å². The summed E-state index contributed by atoms with van der Waals surface area (Å²) in [5, 5.41) is 11.4. The van der Waals surface area contributed by atoms with Gasteiger partial charge in [-0.2, -0.15) is 0 Å². The first-order valence-electron chi connectivity index (χ1n) is 5.88. The topological polar surface area (TPSA) is 96.4 Å². The first-order chi connectivity index (χ1) is 9.49. The van der Waals surface area contributed by atoms with Gasteiger partial charge in [0.15, 0.2) is 5.78 Å². The molecule has 6 nitrogen and oxygen atoms in total. The van der Waals surface area contributed by atoms with Gasteiger partial charge in [-0.1, -0.05) is 0 Å². The quantitative estimate of drug-likeness (QED) is 0.816. The molecule has 2 aromatic rings. The number of ketones is 1. The third kappa shape index (κ3) is 2.80. The monoisotopic (exact) mass is 272 g/mol. The fourth-order valence-electron chi connectivity index (χ4n) is 1.81. The van der Waals surface area contributed by atoms with Crippen molar-refractivity contribution in [3.63, 3.8) is 0 Å². The van der Waals surface area contributed by atoms with Crippen molar-refractivity contribution in [2.24, 2.45) is 0 Å². The molecule has 0 saturated carbocycles. The van der Waals surface area contributed by atoms with Crippen molar-refractivity contribution in [2.45, 2.75) is 6.92 Å². The molecule has 1 aromatic heterocycles. The second-order valence-corrected chi connectivity index (χ2v) is 4.22. The summed E-state index contributed by atoms with van der Waals surface area (Å²) in [5.74, 6) is -1.76. The Morgan fingerprint density at radius 1 is 1.25 bits per heavy atom. The maximum atomic E-state index is 12.0. The molecule has 0 aliphatic carbocycles. The van der Waals surface area contributed by atoms with E-state index < -0.39 is 18.4 Å². The van der Waals surface area contributed by atoms with Crippen molar-refractivity contribution >= 4 is 28.6 Å². The zero-order valence-electron chi connectivity index (χ0n) is 10.7. The van der Waals surface area contributed by atoms with E-state index in [0.717, 1.165) is 0 Å². The van der Waals surface area contributed by atoms with Gasteiger partial charge in [0.05, 0.1) is 11.1 Å². The highest BCUT2D eigenvalue weighted by Gasteiger charge is 2.12. The first-order valence-corrected chi connectivity index (χ1v) is 5.88. The number of benzene rings is 1. The number of pyridine rings is 1. The average Bonchev–Trinajstić information content (AvgIpc) is 2.43. The molecule has 0 bridgehead atoms. The van der Waals surface area contributed by atoms with E-state index in [1.807, 2.05) is 0 Å². The molecular formula is C14H12N2O4. The van der Waals surface area contributed by atoms with Gasteiger partial charge in [0.1, 0.15) is 6.54 Å². The number of nitrogens with zero attached hydrogens (tertiary/aromatic N) is 1. The zero-order valence-corrected chi connectivity index (χ0v) is 10.7. The minimum atomic E-state index is -1.12. The standard InChI is InChI=1S/C14H12N2O4/c1-8(17)9-2-3-12-11(6-9)10(4-5-15-12)14(20)16-7-13(18)19/h2-6H,7H2,1H3,(H,16,20)(H,18,19). The van der Waals surface area contributed by atoms with Gasteiger partial charge in [-0.15, -0.1) is 0 Å². The molecular weight excluding hydrogens is 260 g/mol. The number of carboxylic acids is 1. The third-order valence-electron chi connectivity index (χ3n) is 2.79. The van der Waals surface area contributed by atoms with Gasteiger partial charge in [-0.3, -0.25) is 19.4 Å². The molecule has 2 rings (SSSR count). The van der Waals surface area contributed by atoms with Crippen molar-refractivity contribution in [3.8, 4) is 0 Å². The van der Waals surface area contributed by atoms with Gasteiger partial charge in [-0.25, -0.2) is 0 Å². The summed E-state index contributed by atoms with van der Waals surface area (Å²) in [5.41, 5.74) is 1.33. The van der Waals surface area contributed by atoms with E-state index in [2.05, 4.69) is 10.3 Å². The normalized spacial score (nSPS) is 10.2. The van der Waals surface area contributed by atoms with Gasteiger partial charge >= 0.3 is 5.97 Å². The maximum Gasteiger partial charge on any atom is 0.322 e. The highest BCUT2D eigenvalue weighted by Crippen LogP contribution is 2.18. The fraction of sp³-hybridized carbons (Fsp3) is 0.143. The largest absolute Gasteiger partial charge is 0.480 e. The number of carbonyl (C=O) groups excluding carboxylic acids is 2. The van der Waals surface area contributed by atoms with Crippen LogP contribution in [0.2, 0.25) is 0 Å². The number of carbonyl (C=O) groups is 3. The molecule has 1 aromatic carbocycles. The molecule has 2 N–H and O–H groups in total. The summed E-state index contributed by atoms with van der Waals surface area (Å²) < 4.78 is 0. The van der Waals surface area contributed by atoms with E-state index >= 15 is 0 Å². The Balaban J connectivity index is 2.46. The molecule has 0 atom stereocenters. The molecule has 0 saturated heterocycles. The van der Waals surface area contributed by atoms with Crippen LogP contribution in [-0.2, 0) is 4.79 Å². The van der Waals surface area contributed by atoms with Gasteiger partial charge in [0.25, 0.3) is 5.91 Å². The molecule has 1 heterocycles. The van der Waals surface area contributed by atoms with Crippen LogP contribution in [0.3, 0.4) is 0 Å². The molecule has 20 heavy (non-hydrogen) atoms. The Hall–Kier alpha value is -2.76. The van der Waals surface area contributed by atoms with E-state index in [1.54, 1.807) is 18.2 Å². The number of amides is 1. The smallest absolute Gasteiger partial charge is 0.322 e. The Morgan fingerprint density at radius 3 is 2.65 bits per heavy atom. The highest BCUT2D eigenvalue weighted by atomic mass is 16.4. The van der Waals surface area contributed by atoms with Gasteiger partial charge in [0, 0.05) is 17.1 Å². The van der Waals surface area contributed by atoms with Crippen LogP contribution in [0.15, 0.2) is 30.5 Å². The fourth-order valence-corrected chi connectivity index (χ4v) is 1.81. The lowest BCUT2D eigenvalue weighted by atomic mass is 10.0. The zero-order chi connectivity index (χ0) is 14.7. The lowest BCUT2D eigenvalue weighted by Gasteiger charge is -2.07. The summed E-state index contributed by atoms with van der Waals surface area (Å²) in [6.45, 7) is 0.969. The van der Waals surface area contributed by atoms with Crippen LogP contribution in [0.4, 0.5) is 0 Å². The number of Topliss-reactive ketones (excluding diaryl/α,β-unsaturated/α-hetero) is 1. The average molecular weight is 272 g/mol. The second kappa shape index (κ2) is 5.48. The van der Waals surface area contributed by atoms with Crippen LogP contribution in [0.5, 0.6) is 0 Å².